The van der Waals surface area contributed by atoms with Crippen LogP contribution >= 0.6 is 0 Å². The van der Waals surface area contributed by atoms with Gasteiger partial charge in [-0.25, -0.2) is 0 Å². The summed E-state index contributed by atoms with van der Waals surface area (Å²) in [7, 11) is 0. The molecule has 11 heavy (non-hydrogen) atoms. The lowest BCUT2D eigenvalue weighted by Gasteiger charge is -2.03. The van der Waals surface area contributed by atoms with Gasteiger partial charge in [-0.05, 0) is 35.8 Å². The van der Waals surface area contributed by atoms with Crippen LogP contribution in [0.3, 0.4) is 0 Å². The molecule has 0 saturated carbocycles. The van der Waals surface area contributed by atoms with Crippen LogP contribution in [0.25, 0.3) is 0 Å². The Labute approximate surface area is 65.9 Å². The number of nitrogens with one attached hydrogen (secondary N) is 1. The average Bonchev–Trinajstić information content (AvgIpc) is 2.27. The lowest BCUT2D eigenvalue weighted by atomic mass is 10.0. The highest BCUT2D eigenvalue weighted by Crippen LogP contribution is 2.26. The molecule has 54 valence electrons. The van der Waals surface area contributed by atoms with Crippen molar-refractivity contribution in [1.82, 2.24) is 0 Å². The van der Waals surface area contributed by atoms with Crippen LogP contribution in [0.4, 0.5) is 0 Å². The summed E-state index contributed by atoms with van der Waals surface area (Å²) < 4.78 is 0. The molecule has 0 bridgehead atoms. The largest absolute Gasteiger partial charge is 0.301 e. The molecule has 1 N–H and O–H groups in total. The van der Waals surface area contributed by atoms with E-state index in [1.54, 1.807) is 0 Å². The van der Waals surface area contributed by atoms with E-state index in [-0.39, 0.29) is 0 Å². The summed E-state index contributed by atoms with van der Waals surface area (Å²) in [6.07, 6.45) is 9.94. The van der Waals surface area contributed by atoms with E-state index in [0.29, 0.717) is 5.71 Å². The molecule has 0 atom stereocenters. The summed E-state index contributed by atoms with van der Waals surface area (Å²) in [4.78, 5) is 0. The van der Waals surface area contributed by atoms with Crippen molar-refractivity contribution in [2.24, 2.45) is 0 Å². The van der Waals surface area contributed by atoms with Crippen molar-refractivity contribution in [3.8, 4) is 0 Å². The SMILES string of the molecule is CC1=CC2=CC(=N)C=CC2=C1. The number of hydrogen-bond donors (Lipinski definition) is 1. The van der Waals surface area contributed by atoms with Crippen LogP contribution in [-0.2, 0) is 0 Å². The Morgan fingerprint density at radius 1 is 1.00 bits per heavy atom. The molecule has 0 spiro atoms. The van der Waals surface area contributed by atoms with Crippen LogP contribution < -0.4 is 0 Å². The minimum atomic E-state index is 0.586. The van der Waals surface area contributed by atoms with Crippen LogP contribution in [0.1, 0.15) is 6.92 Å². The Balaban J connectivity index is 2.50. The van der Waals surface area contributed by atoms with Crippen molar-refractivity contribution < 1.29 is 0 Å². The van der Waals surface area contributed by atoms with Crippen LogP contribution in [0, 0.1) is 5.41 Å². The molecule has 0 aromatic rings. The molecule has 0 aromatic carbocycles. The van der Waals surface area contributed by atoms with Gasteiger partial charge >= 0.3 is 0 Å². The molecule has 2 aliphatic rings. The second-order valence-electron chi connectivity index (χ2n) is 2.88. The van der Waals surface area contributed by atoms with Gasteiger partial charge in [0.1, 0.15) is 0 Å². The summed E-state index contributed by atoms with van der Waals surface area (Å²) in [5.74, 6) is 0. The van der Waals surface area contributed by atoms with Gasteiger partial charge in [-0.3, -0.25) is 0 Å². The monoisotopic (exact) mass is 143 g/mol. The van der Waals surface area contributed by atoms with E-state index >= 15 is 0 Å². The Hall–Kier alpha value is -1.37. The molecule has 0 aromatic heterocycles. The van der Waals surface area contributed by atoms with E-state index in [1.165, 1.54) is 16.7 Å². The molecule has 1 heteroatoms. The number of fused-ring (bicyclic) bond motifs is 1. The lowest BCUT2D eigenvalue weighted by Crippen LogP contribution is -1.94. The minimum Gasteiger partial charge on any atom is -0.301 e. The predicted molar refractivity (Wildman–Crippen MR) is 46.8 cm³/mol. The van der Waals surface area contributed by atoms with Gasteiger partial charge in [0.25, 0.3) is 0 Å². The van der Waals surface area contributed by atoms with E-state index in [2.05, 4.69) is 19.1 Å². The van der Waals surface area contributed by atoms with Gasteiger partial charge in [0.05, 0.1) is 5.71 Å². The van der Waals surface area contributed by atoms with Gasteiger partial charge in [-0.1, -0.05) is 18.2 Å². The molecule has 0 unspecified atom stereocenters. The maximum Gasteiger partial charge on any atom is 0.0546 e. The van der Waals surface area contributed by atoms with E-state index in [4.69, 9.17) is 5.41 Å². The third kappa shape index (κ3) is 0.984. The van der Waals surface area contributed by atoms with Crippen molar-refractivity contribution in [1.29, 1.82) is 5.41 Å². The molecule has 0 amide bonds. The van der Waals surface area contributed by atoms with Gasteiger partial charge < -0.3 is 5.41 Å². The fourth-order valence-electron chi connectivity index (χ4n) is 1.36. The lowest BCUT2D eigenvalue weighted by molar-refractivity contribution is 1.49. The summed E-state index contributed by atoms with van der Waals surface area (Å²) in [6.45, 7) is 2.07. The van der Waals surface area contributed by atoms with E-state index in [1.807, 2.05) is 18.2 Å². The molecule has 0 saturated heterocycles. The van der Waals surface area contributed by atoms with Crippen LogP contribution in [0.15, 0.2) is 47.1 Å². The first-order valence-electron chi connectivity index (χ1n) is 3.64. The first-order chi connectivity index (χ1) is 5.25. The number of allylic oxidation sites excluding steroid dienone is 8. The van der Waals surface area contributed by atoms with Gasteiger partial charge in [0, 0.05) is 0 Å². The van der Waals surface area contributed by atoms with Crippen molar-refractivity contribution in [3.05, 3.63) is 47.1 Å². The van der Waals surface area contributed by atoms with Crippen molar-refractivity contribution in [3.63, 3.8) is 0 Å². The van der Waals surface area contributed by atoms with E-state index < -0.39 is 0 Å². The Morgan fingerprint density at radius 2 is 1.82 bits per heavy atom. The maximum absolute atomic E-state index is 7.39. The zero-order valence-electron chi connectivity index (χ0n) is 6.39. The van der Waals surface area contributed by atoms with Gasteiger partial charge in [0.15, 0.2) is 0 Å². The topological polar surface area (TPSA) is 23.9 Å². The standard InChI is InChI=1S/C10H9N/c1-7-4-8-2-3-10(11)6-9(8)5-7/h2-6,11H,1H3. The molecule has 0 radical (unpaired) electrons. The van der Waals surface area contributed by atoms with E-state index in [9.17, 15) is 0 Å². The smallest absolute Gasteiger partial charge is 0.0546 e. The third-order valence-corrected chi connectivity index (χ3v) is 1.85. The third-order valence-electron chi connectivity index (χ3n) is 1.85. The first-order valence-corrected chi connectivity index (χ1v) is 3.64. The zero-order chi connectivity index (χ0) is 7.84. The number of rotatable bonds is 0. The molecule has 2 rings (SSSR count). The Kier molecular flexibility index (Phi) is 1.19. The number of hydrogen-bond acceptors (Lipinski definition) is 1. The highest BCUT2D eigenvalue weighted by atomic mass is 14.4. The Morgan fingerprint density at radius 3 is 2.64 bits per heavy atom. The van der Waals surface area contributed by atoms with Crippen LogP contribution in [-0.4, -0.2) is 5.71 Å². The second kappa shape index (κ2) is 2.06. The van der Waals surface area contributed by atoms with Crippen molar-refractivity contribution in [2.45, 2.75) is 6.92 Å². The molecule has 0 aliphatic heterocycles. The quantitative estimate of drug-likeness (QED) is 0.538. The molecular formula is C10H9N. The highest BCUT2D eigenvalue weighted by Gasteiger charge is 2.10. The molecular weight excluding hydrogens is 134 g/mol. The maximum atomic E-state index is 7.39. The Bertz CT molecular complexity index is 338. The van der Waals surface area contributed by atoms with E-state index in [0.717, 1.165) is 0 Å². The van der Waals surface area contributed by atoms with Gasteiger partial charge in [-0.15, -0.1) is 0 Å². The summed E-state index contributed by atoms with van der Waals surface area (Å²) in [5.41, 5.74) is 4.27. The first kappa shape index (κ1) is 6.35. The molecule has 1 nitrogen and oxygen atoms in total. The highest BCUT2D eigenvalue weighted by molar-refractivity contribution is 6.05. The van der Waals surface area contributed by atoms with Crippen LogP contribution in [0.5, 0.6) is 0 Å². The predicted octanol–water partition coefficient (Wildman–Crippen LogP) is 2.39. The second-order valence-corrected chi connectivity index (χ2v) is 2.88. The fourth-order valence-corrected chi connectivity index (χ4v) is 1.36. The van der Waals surface area contributed by atoms with Crippen molar-refractivity contribution in [2.75, 3.05) is 0 Å². The average molecular weight is 143 g/mol. The normalized spacial score (nSPS) is 20.8. The van der Waals surface area contributed by atoms with Gasteiger partial charge in [-0.2, -0.15) is 0 Å². The van der Waals surface area contributed by atoms with Gasteiger partial charge in [0.2, 0.25) is 0 Å². The molecule has 0 fully saturated rings. The van der Waals surface area contributed by atoms with Crippen molar-refractivity contribution >= 4 is 5.71 Å². The van der Waals surface area contributed by atoms with Crippen LogP contribution in [0.2, 0.25) is 0 Å². The minimum absolute atomic E-state index is 0.586. The summed E-state index contributed by atoms with van der Waals surface area (Å²) in [6, 6.07) is 0. The summed E-state index contributed by atoms with van der Waals surface area (Å²) >= 11 is 0. The zero-order valence-corrected chi connectivity index (χ0v) is 6.39. The molecule has 0 heterocycles. The summed E-state index contributed by atoms with van der Waals surface area (Å²) in [5, 5.41) is 7.39. The fraction of sp³-hybridized carbons (Fsp3) is 0.100. The molecule has 2 aliphatic carbocycles.